The van der Waals surface area contributed by atoms with Crippen LogP contribution < -0.4 is 4.90 Å². The van der Waals surface area contributed by atoms with Crippen LogP contribution in [0, 0.1) is 10.1 Å². The van der Waals surface area contributed by atoms with Gasteiger partial charge in [-0.25, -0.2) is 0 Å². The summed E-state index contributed by atoms with van der Waals surface area (Å²) in [6, 6.07) is 14.3. The smallest absolute Gasteiger partial charge is 0.269 e. The van der Waals surface area contributed by atoms with Crippen LogP contribution in [0.25, 0.3) is 0 Å². The summed E-state index contributed by atoms with van der Waals surface area (Å²) >= 11 is 0. The van der Waals surface area contributed by atoms with E-state index in [-0.39, 0.29) is 24.1 Å². The van der Waals surface area contributed by atoms with Crippen molar-refractivity contribution in [2.45, 2.75) is 31.9 Å². The van der Waals surface area contributed by atoms with Crippen molar-refractivity contribution in [2.75, 3.05) is 32.1 Å². The quantitative estimate of drug-likeness (QED) is 0.504. The summed E-state index contributed by atoms with van der Waals surface area (Å²) in [6.45, 7) is 1.81. The van der Waals surface area contributed by atoms with E-state index >= 15 is 0 Å². The van der Waals surface area contributed by atoms with Gasteiger partial charge < -0.3 is 14.5 Å². The van der Waals surface area contributed by atoms with E-state index in [2.05, 4.69) is 0 Å². The van der Waals surface area contributed by atoms with Crippen LogP contribution in [-0.2, 0) is 22.5 Å². The SMILES string of the molecule is CN(C)c1ccc(CN(CC2CCCO2)C(=O)Cc2ccc([N+](=O)[O-])cc2)cc1. The second kappa shape index (κ2) is 9.52. The molecule has 7 nitrogen and oxygen atoms in total. The first kappa shape index (κ1) is 20.8. The molecule has 0 aromatic heterocycles. The van der Waals surface area contributed by atoms with Gasteiger partial charge >= 0.3 is 0 Å². The van der Waals surface area contributed by atoms with E-state index in [4.69, 9.17) is 4.74 Å². The average molecular weight is 397 g/mol. The monoisotopic (exact) mass is 397 g/mol. The molecule has 3 rings (SSSR count). The van der Waals surface area contributed by atoms with Crippen LogP contribution in [0.2, 0.25) is 0 Å². The highest BCUT2D eigenvalue weighted by Gasteiger charge is 2.23. The second-order valence-corrected chi connectivity index (χ2v) is 7.57. The molecule has 1 atom stereocenters. The highest BCUT2D eigenvalue weighted by molar-refractivity contribution is 5.79. The van der Waals surface area contributed by atoms with Gasteiger partial charge in [-0.05, 0) is 36.1 Å². The van der Waals surface area contributed by atoms with Gasteiger partial charge in [-0.3, -0.25) is 14.9 Å². The summed E-state index contributed by atoms with van der Waals surface area (Å²) in [6.07, 6.45) is 2.25. The Hall–Kier alpha value is -2.93. The van der Waals surface area contributed by atoms with Crippen LogP contribution in [0.15, 0.2) is 48.5 Å². The zero-order valence-electron chi connectivity index (χ0n) is 16.9. The van der Waals surface area contributed by atoms with E-state index in [0.29, 0.717) is 13.1 Å². The van der Waals surface area contributed by atoms with Gasteiger partial charge in [0.15, 0.2) is 0 Å². The number of carbonyl (C=O) groups is 1. The Morgan fingerprint density at radius 2 is 1.76 bits per heavy atom. The number of non-ortho nitro benzene ring substituents is 1. The topological polar surface area (TPSA) is 75.9 Å². The summed E-state index contributed by atoms with van der Waals surface area (Å²) in [5, 5.41) is 10.8. The van der Waals surface area contributed by atoms with Crippen LogP contribution in [-0.4, -0.2) is 49.1 Å². The first-order chi connectivity index (χ1) is 13.9. The Labute approximate surface area is 171 Å². The van der Waals surface area contributed by atoms with Gasteiger partial charge in [0.2, 0.25) is 5.91 Å². The normalized spacial score (nSPS) is 15.9. The van der Waals surface area contributed by atoms with Crippen LogP contribution in [0.4, 0.5) is 11.4 Å². The largest absolute Gasteiger partial charge is 0.378 e. The number of amides is 1. The predicted molar refractivity (Wildman–Crippen MR) is 112 cm³/mol. The Morgan fingerprint density at radius 1 is 1.10 bits per heavy atom. The molecule has 0 aliphatic carbocycles. The van der Waals surface area contributed by atoms with Gasteiger partial charge in [0.05, 0.1) is 17.4 Å². The lowest BCUT2D eigenvalue weighted by atomic mass is 10.1. The van der Waals surface area contributed by atoms with Crippen molar-refractivity contribution in [2.24, 2.45) is 0 Å². The number of hydrogen-bond donors (Lipinski definition) is 0. The molecule has 1 saturated heterocycles. The molecule has 0 N–H and O–H groups in total. The van der Waals surface area contributed by atoms with E-state index in [1.54, 1.807) is 12.1 Å². The van der Waals surface area contributed by atoms with Gasteiger partial charge in [-0.15, -0.1) is 0 Å². The maximum absolute atomic E-state index is 13.0. The Kier molecular flexibility index (Phi) is 6.82. The molecule has 2 aromatic rings. The molecule has 1 unspecified atom stereocenters. The molecule has 2 aromatic carbocycles. The van der Waals surface area contributed by atoms with Crippen LogP contribution in [0.1, 0.15) is 24.0 Å². The summed E-state index contributed by atoms with van der Waals surface area (Å²) < 4.78 is 5.74. The fourth-order valence-corrected chi connectivity index (χ4v) is 3.43. The molecule has 1 fully saturated rings. The molecular weight excluding hydrogens is 370 g/mol. The minimum absolute atomic E-state index is 0.00830. The van der Waals surface area contributed by atoms with E-state index in [1.807, 2.05) is 48.2 Å². The van der Waals surface area contributed by atoms with E-state index in [1.165, 1.54) is 12.1 Å². The molecule has 7 heteroatoms. The van der Waals surface area contributed by atoms with Crippen LogP contribution in [0.3, 0.4) is 0 Å². The third-order valence-electron chi connectivity index (χ3n) is 5.13. The number of carbonyl (C=O) groups excluding carboxylic acids is 1. The lowest BCUT2D eigenvalue weighted by Gasteiger charge is -2.26. The number of ether oxygens (including phenoxy) is 1. The summed E-state index contributed by atoms with van der Waals surface area (Å²) in [4.78, 5) is 27.3. The molecule has 0 saturated carbocycles. The molecule has 29 heavy (non-hydrogen) atoms. The van der Waals surface area contributed by atoms with Gasteiger partial charge in [0.1, 0.15) is 0 Å². The van der Waals surface area contributed by atoms with Gasteiger partial charge in [-0.1, -0.05) is 24.3 Å². The molecule has 0 bridgehead atoms. The van der Waals surface area contributed by atoms with Crippen molar-refractivity contribution in [3.05, 3.63) is 69.8 Å². The van der Waals surface area contributed by atoms with Crippen molar-refractivity contribution < 1.29 is 14.5 Å². The lowest BCUT2D eigenvalue weighted by molar-refractivity contribution is -0.384. The standard InChI is InChI=1S/C22H27N3O4/c1-23(2)19-9-7-18(8-10-19)15-24(16-21-4-3-13-29-21)22(26)14-17-5-11-20(12-6-17)25(27)28/h5-12,21H,3-4,13-16H2,1-2H3. The number of anilines is 1. The molecule has 1 heterocycles. The van der Waals surface area contributed by atoms with E-state index < -0.39 is 4.92 Å². The minimum atomic E-state index is -0.438. The first-order valence-electron chi connectivity index (χ1n) is 9.81. The first-order valence-corrected chi connectivity index (χ1v) is 9.81. The number of hydrogen-bond acceptors (Lipinski definition) is 5. The number of nitro benzene ring substituents is 1. The van der Waals surface area contributed by atoms with Crippen molar-refractivity contribution in [3.63, 3.8) is 0 Å². The number of benzene rings is 2. The molecule has 1 aliphatic heterocycles. The third-order valence-corrected chi connectivity index (χ3v) is 5.13. The van der Waals surface area contributed by atoms with Crippen LogP contribution >= 0.6 is 0 Å². The number of nitro groups is 1. The van der Waals surface area contributed by atoms with Crippen molar-refractivity contribution in [1.82, 2.24) is 4.90 Å². The molecular formula is C22H27N3O4. The Morgan fingerprint density at radius 3 is 2.31 bits per heavy atom. The second-order valence-electron chi connectivity index (χ2n) is 7.57. The third kappa shape index (κ3) is 5.77. The maximum Gasteiger partial charge on any atom is 0.269 e. The fourth-order valence-electron chi connectivity index (χ4n) is 3.43. The maximum atomic E-state index is 13.0. The zero-order chi connectivity index (χ0) is 20.8. The molecule has 0 spiro atoms. The van der Waals surface area contributed by atoms with Gasteiger partial charge in [-0.2, -0.15) is 0 Å². The molecule has 1 amide bonds. The highest BCUT2D eigenvalue weighted by Crippen LogP contribution is 2.19. The average Bonchev–Trinajstić information content (AvgIpc) is 3.21. The molecule has 0 radical (unpaired) electrons. The van der Waals surface area contributed by atoms with E-state index in [9.17, 15) is 14.9 Å². The lowest BCUT2D eigenvalue weighted by Crippen LogP contribution is -2.37. The number of rotatable bonds is 8. The minimum Gasteiger partial charge on any atom is -0.378 e. The van der Waals surface area contributed by atoms with E-state index in [0.717, 1.165) is 36.3 Å². The van der Waals surface area contributed by atoms with Crippen molar-refractivity contribution in [1.29, 1.82) is 0 Å². The predicted octanol–water partition coefficient (Wildman–Crippen LogP) is 3.41. The molecule has 1 aliphatic rings. The Bertz CT molecular complexity index is 828. The number of nitrogens with zero attached hydrogens (tertiary/aromatic N) is 3. The zero-order valence-corrected chi connectivity index (χ0v) is 16.9. The fraction of sp³-hybridized carbons (Fsp3) is 0.409. The highest BCUT2D eigenvalue weighted by atomic mass is 16.6. The summed E-state index contributed by atoms with van der Waals surface area (Å²) in [5.74, 6) is -0.00830. The van der Waals surface area contributed by atoms with Gasteiger partial charge in [0, 0.05) is 51.6 Å². The van der Waals surface area contributed by atoms with Crippen molar-refractivity contribution >= 4 is 17.3 Å². The van der Waals surface area contributed by atoms with Crippen LogP contribution in [0.5, 0.6) is 0 Å². The summed E-state index contributed by atoms with van der Waals surface area (Å²) in [5.41, 5.74) is 2.96. The summed E-state index contributed by atoms with van der Waals surface area (Å²) in [7, 11) is 3.99. The van der Waals surface area contributed by atoms with Gasteiger partial charge in [0.25, 0.3) is 5.69 Å². The molecule has 154 valence electrons. The Balaban J connectivity index is 1.71. The van der Waals surface area contributed by atoms with Crippen molar-refractivity contribution in [3.8, 4) is 0 Å².